The van der Waals surface area contributed by atoms with Crippen LogP contribution in [0.5, 0.6) is 0 Å². The Morgan fingerprint density at radius 1 is 1.50 bits per heavy atom. The summed E-state index contributed by atoms with van der Waals surface area (Å²) in [6, 6.07) is 0. The third-order valence-corrected chi connectivity index (χ3v) is 2.04. The summed E-state index contributed by atoms with van der Waals surface area (Å²) in [7, 11) is 0. The van der Waals surface area contributed by atoms with Gasteiger partial charge in [0, 0.05) is 6.42 Å². The number of carboxylic acid groups (broad SMARTS) is 1. The predicted octanol–water partition coefficient (Wildman–Crippen LogP) is 1.11. The smallest absolute Gasteiger partial charge is 0.339 e. The maximum atomic E-state index is 11.5. The molecule has 0 amide bonds. The molecule has 0 saturated heterocycles. The molecule has 16 heavy (non-hydrogen) atoms. The zero-order chi connectivity index (χ0) is 12.6. The molecule has 0 aliphatic rings. The van der Waals surface area contributed by atoms with E-state index in [1.165, 1.54) is 6.08 Å². The molecule has 0 aromatic rings. The van der Waals surface area contributed by atoms with Crippen molar-refractivity contribution in [2.75, 3.05) is 6.61 Å². The first-order valence-electron chi connectivity index (χ1n) is 5.18. The Hall–Kier alpha value is -1.36. The van der Waals surface area contributed by atoms with Gasteiger partial charge in [-0.2, -0.15) is 0 Å². The van der Waals surface area contributed by atoms with Gasteiger partial charge in [0.05, 0.1) is 13.0 Å². The first-order valence-corrected chi connectivity index (χ1v) is 5.18. The van der Waals surface area contributed by atoms with Crippen molar-refractivity contribution >= 4 is 11.9 Å². The summed E-state index contributed by atoms with van der Waals surface area (Å²) >= 11 is 0. The van der Waals surface area contributed by atoms with Gasteiger partial charge in [-0.15, -0.1) is 6.58 Å². The van der Waals surface area contributed by atoms with E-state index in [1.807, 2.05) is 6.92 Å². The number of hydrogen-bond acceptors (Lipinski definition) is 4. The van der Waals surface area contributed by atoms with Crippen LogP contribution in [0.1, 0.15) is 32.6 Å². The Kier molecular flexibility index (Phi) is 6.41. The van der Waals surface area contributed by atoms with Gasteiger partial charge in [-0.3, -0.25) is 4.79 Å². The number of carboxylic acids is 1. The number of carbonyl (C=O) groups is 2. The summed E-state index contributed by atoms with van der Waals surface area (Å²) < 4.78 is 4.80. The summed E-state index contributed by atoms with van der Waals surface area (Å²) in [5, 5.41) is 18.4. The molecule has 0 aromatic carbocycles. The Bertz CT molecular complexity index is 261. The third-order valence-electron chi connectivity index (χ3n) is 2.04. The number of unbranched alkanes of at least 4 members (excludes halogenated alkanes) is 1. The summed E-state index contributed by atoms with van der Waals surface area (Å²) in [5.74, 6) is -2.15. The second-order valence-corrected chi connectivity index (χ2v) is 3.58. The number of aliphatic carboxylic acids is 1. The molecule has 1 unspecified atom stereocenters. The van der Waals surface area contributed by atoms with Crippen molar-refractivity contribution in [1.29, 1.82) is 0 Å². The lowest BCUT2D eigenvalue weighted by Gasteiger charge is -2.22. The van der Waals surface area contributed by atoms with Crippen LogP contribution < -0.4 is 0 Å². The number of esters is 1. The molecule has 2 N–H and O–H groups in total. The minimum absolute atomic E-state index is 0.135. The lowest BCUT2D eigenvalue weighted by Crippen LogP contribution is -2.42. The molecule has 0 heterocycles. The number of ether oxygens (including phenoxy) is 1. The number of carbonyl (C=O) groups excluding carboxylic acids is 1. The maximum Gasteiger partial charge on any atom is 0.339 e. The molecular weight excluding hydrogens is 212 g/mol. The van der Waals surface area contributed by atoms with Crippen LogP contribution in [-0.4, -0.2) is 34.4 Å². The van der Waals surface area contributed by atoms with Crippen LogP contribution in [0.25, 0.3) is 0 Å². The van der Waals surface area contributed by atoms with E-state index in [0.29, 0.717) is 6.42 Å². The lowest BCUT2D eigenvalue weighted by atomic mass is 9.96. The van der Waals surface area contributed by atoms with E-state index in [9.17, 15) is 14.7 Å². The normalized spacial score (nSPS) is 13.9. The third kappa shape index (κ3) is 4.93. The Morgan fingerprint density at radius 2 is 2.12 bits per heavy atom. The van der Waals surface area contributed by atoms with E-state index in [0.717, 1.165) is 6.42 Å². The largest absolute Gasteiger partial charge is 0.481 e. The summed E-state index contributed by atoms with van der Waals surface area (Å²) in [5.41, 5.74) is -2.00. The standard InChI is InChI=1S/C11H18O5/c1-3-5-7-16-10(14)11(15,6-4-2)8-9(12)13/h4,15H,2-3,5-8H2,1H3,(H,12,13). The van der Waals surface area contributed by atoms with Gasteiger partial charge in [0.1, 0.15) is 0 Å². The fourth-order valence-corrected chi connectivity index (χ4v) is 1.16. The van der Waals surface area contributed by atoms with Crippen molar-refractivity contribution in [2.24, 2.45) is 0 Å². The van der Waals surface area contributed by atoms with Crippen molar-refractivity contribution in [3.8, 4) is 0 Å². The fraction of sp³-hybridized carbons (Fsp3) is 0.636. The molecule has 5 nitrogen and oxygen atoms in total. The molecule has 0 aliphatic heterocycles. The van der Waals surface area contributed by atoms with Crippen molar-refractivity contribution < 1.29 is 24.5 Å². The molecule has 0 aromatic heterocycles. The predicted molar refractivity (Wildman–Crippen MR) is 57.9 cm³/mol. The van der Waals surface area contributed by atoms with Gasteiger partial charge < -0.3 is 14.9 Å². The number of aliphatic hydroxyl groups is 1. The summed E-state index contributed by atoms with van der Waals surface area (Å²) in [6.07, 6.45) is 2.02. The molecule has 0 rings (SSSR count). The summed E-state index contributed by atoms with van der Waals surface area (Å²) in [6.45, 7) is 5.49. The van der Waals surface area contributed by atoms with Gasteiger partial charge >= 0.3 is 11.9 Å². The van der Waals surface area contributed by atoms with E-state index in [-0.39, 0.29) is 13.0 Å². The monoisotopic (exact) mass is 230 g/mol. The highest BCUT2D eigenvalue weighted by atomic mass is 16.5. The molecule has 0 bridgehead atoms. The summed E-state index contributed by atoms with van der Waals surface area (Å²) in [4.78, 5) is 22.0. The van der Waals surface area contributed by atoms with E-state index >= 15 is 0 Å². The van der Waals surface area contributed by atoms with Gasteiger partial charge in [0.15, 0.2) is 5.60 Å². The Labute approximate surface area is 94.7 Å². The molecule has 0 radical (unpaired) electrons. The van der Waals surface area contributed by atoms with Crippen LogP contribution in [0, 0.1) is 0 Å². The number of rotatable bonds is 8. The molecule has 0 saturated carbocycles. The molecular formula is C11H18O5. The fourth-order valence-electron chi connectivity index (χ4n) is 1.16. The van der Waals surface area contributed by atoms with Crippen LogP contribution in [0.15, 0.2) is 12.7 Å². The van der Waals surface area contributed by atoms with Crippen molar-refractivity contribution in [2.45, 2.75) is 38.2 Å². The van der Waals surface area contributed by atoms with Crippen LogP contribution in [0.3, 0.4) is 0 Å². The van der Waals surface area contributed by atoms with E-state index in [4.69, 9.17) is 9.84 Å². The van der Waals surface area contributed by atoms with Crippen LogP contribution >= 0.6 is 0 Å². The van der Waals surface area contributed by atoms with Gasteiger partial charge in [-0.1, -0.05) is 19.4 Å². The van der Waals surface area contributed by atoms with Crippen molar-refractivity contribution in [3.63, 3.8) is 0 Å². The first-order chi connectivity index (χ1) is 7.46. The molecule has 92 valence electrons. The first kappa shape index (κ1) is 14.6. The molecule has 0 fully saturated rings. The number of hydrogen-bond donors (Lipinski definition) is 2. The lowest BCUT2D eigenvalue weighted by molar-refractivity contribution is -0.170. The minimum Gasteiger partial charge on any atom is -0.481 e. The Balaban J connectivity index is 4.43. The minimum atomic E-state index is -2.00. The average Bonchev–Trinajstić information content (AvgIpc) is 2.17. The molecule has 0 spiro atoms. The highest BCUT2D eigenvalue weighted by Gasteiger charge is 2.38. The molecule has 0 aliphatic carbocycles. The topological polar surface area (TPSA) is 83.8 Å². The van der Waals surface area contributed by atoms with Gasteiger partial charge in [0.2, 0.25) is 0 Å². The van der Waals surface area contributed by atoms with E-state index in [2.05, 4.69) is 6.58 Å². The molecule has 1 atom stereocenters. The average molecular weight is 230 g/mol. The van der Waals surface area contributed by atoms with Crippen molar-refractivity contribution in [3.05, 3.63) is 12.7 Å². The van der Waals surface area contributed by atoms with Crippen molar-refractivity contribution in [1.82, 2.24) is 0 Å². The SMILES string of the molecule is C=CCC(O)(CC(=O)O)C(=O)OCCCC. The van der Waals surface area contributed by atoms with Gasteiger partial charge in [0.25, 0.3) is 0 Å². The second kappa shape index (κ2) is 7.00. The van der Waals surface area contributed by atoms with Gasteiger partial charge in [-0.05, 0) is 6.42 Å². The molecule has 5 heteroatoms. The van der Waals surface area contributed by atoms with E-state index < -0.39 is 24.0 Å². The maximum absolute atomic E-state index is 11.5. The van der Waals surface area contributed by atoms with Crippen LogP contribution in [0.2, 0.25) is 0 Å². The highest BCUT2D eigenvalue weighted by Crippen LogP contribution is 2.18. The second-order valence-electron chi connectivity index (χ2n) is 3.58. The zero-order valence-corrected chi connectivity index (χ0v) is 9.44. The quantitative estimate of drug-likeness (QED) is 0.371. The van der Waals surface area contributed by atoms with Gasteiger partial charge in [-0.25, -0.2) is 4.79 Å². The van der Waals surface area contributed by atoms with E-state index in [1.54, 1.807) is 0 Å². The Morgan fingerprint density at radius 3 is 2.56 bits per heavy atom. The zero-order valence-electron chi connectivity index (χ0n) is 9.44. The van der Waals surface area contributed by atoms with Crippen LogP contribution in [0.4, 0.5) is 0 Å². The van der Waals surface area contributed by atoms with Crippen LogP contribution in [-0.2, 0) is 14.3 Å². The highest BCUT2D eigenvalue weighted by molar-refractivity contribution is 5.85.